The van der Waals surface area contributed by atoms with Crippen molar-refractivity contribution in [3.05, 3.63) is 65.2 Å². The van der Waals surface area contributed by atoms with Gasteiger partial charge in [-0.15, -0.1) is 11.8 Å². The largest absolute Gasteiger partial charge is 0.351 e. The van der Waals surface area contributed by atoms with Gasteiger partial charge in [0.1, 0.15) is 0 Å². The van der Waals surface area contributed by atoms with E-state index in [9.17, 15) is 4.79 Å². The molecule has 128 valence electrons. The smallest absolute Gasteiger partial charge is 0.237 e. The van der Waals surface area contributed by atoms with Gasteiger partial charge in [0.15, 0.2) is 0 Å². The van der Waals surface area contributed by atoms with Crippen LogP contribution in [0.4, 0.5) is 0 Å². The molecule has 3 nitrogen and oxygen atoms in total. The molecule has 0 aromatic heterocycles. The van der Waals surface area contributed by atoms with Crippen LogP contribution in [0.5, 0.6) is 0 Å². The fourth-order valence-corrected chi connectivity index (χ4v) is 2.81. The van der Waals surface area contributed by atoms with Crippen LogP contribution in [-0.2, 0) is 17.9 Å². The molecule has 2 aromatic rings. The second-order valence-electron chi connectivity index (χ2n) is 6.14. The van der Waals surface area contributed by atoms with E-state index in [1.807, 2.05) is 14.0 Å². The predicted molar refractivity (Wildman–Crippen MR) is 102 cm³/mol. The van der Waals surface area contributed by atoms with Crippen molar-refractivity contribution in [3.8, 4) is 0 Å². The molecule has 0 aliphatic carbocycles. The summed E-state index contributed by atoms with van der Waals surface area (Å²) in [6.07, 6.45) is 2.07. The first-order chi connectivity index (χ1) is 11.5. The summed E-state index contributed by atoms with van der Waals surface area (Å²) in [7, 11) is 1.98. The Hall–Kier alpha value is -1.78. The van der Waals surface area contributed by atoms with Gasteiger partial charge < -0.3 is 5.32 Å². The number of nitrogens with one attached hydrogen (secondary N) is 1. The van der Waals surface area contributed by atoms with Gasteiger partial charge >= 0.3 is 0 Å². The van der Waals surface area contributed by atoms with E-state index in [1.54, 1.807) is 11.8 Å². The van der Waals surface area contributed by atoms with Crippen molar-refractivity contribution in [2.24, 2.45) is 0 Å². The maximum Gasteiger partial charge on any atom is 0.237 e. The van der Waals surface area contributed by atoms with Crippen molar-refractivity contribution in [1.29, 1.82) is 0 Å². The number of hydrogen-bond acceptors (Lipinski definition) is 3. The summed E-state index contributed by atoms with van der Waals surface area (Å²) >= 11 is 1.74. The van der Waals surface area contributed by atoms with E-state index in [0.717, 1.165) is 12.1 Å². The highest BCUT2D eigenvalue weighted by Crippen LogP contribution is 2.16. The topological polar surface area (TPSA) is 32.3 Å². The van der Waals surface area contributed by atoms with Gasteiger partial charge in [0.25, 0.3) is 0 Å². The molecule has 0 saturated carbocycles. The van der Waals surface area contributed by atoms with E-state index >= 15 is 0 Å². The van der Waals surface area contributed by atoms with E-state index in [2.05, 4.69) is 71.9 Å². The zero-order valence-corrected chi connectivity index (χ0v) is 15.7. The maximum absolute atomic E-state index is 12.4. The van der Waals surface area contributed by atoms with Gasteiger partial charge in [0.2, 0.25) is 5.91 Å². The lowest BCUT2D eigenvalue weighted by atomic mass is 10.1. The number of thioether (sulfide) groups is 1. The predicted octanol–water partition coefficient (Wildman–Crippen LogP) is 3.85. The summed E-state index contributed by atoms with van der Waals surface area (Å²) in [6, 6.07) is 16.6. The minimum atomic E-state index is -0.171. The van der Waals surface area contributed by atoms with Gasteiger partial charge in [-0.25, -0.2) is 0 Å². The fraction of sp³-hybridized carbons (Fsp3) is 0.350. The number of nitrogens with zero attached hydrogens (tertiary/aromatic N) is 1. The normalized spacial score (nSPS) is 12.2. The van der Waals surface area contributed by atoms with Crippen LogP contribution in [0.3, 0.4) is 0 Å². The Morgan fingerprint density at radius 2 is 1.67 bits per heavy atom. The SMILES string of the molecule is CSc1ccc(CN(C)C(C)C(=O)NCc2ccc(C)cc2)cc1. The Labute approximate surface area is 149 Å². The number of likely N-dealkylation sites (N-methyl/N-ethyl adjacent to an activating group) is 1. The minimum absolute atomic E-state index is 0.0545. The standard InChI is InChI=1S/C20H26N2OS/c1-15-5-7-17(8-6-15)13-21-20(23)16(2)22(3)14-18-9-11-19(24-4)12-10-18/h5-12,16H,13-14H2,1-4H3,(H,21,23). The number of carbonyl (C=O) groups excluding carboxylic acids is 1. The zero-order chi connectivity index (χ0) is 17.5. The highest BCUT2D eigenvalue weighted by molar-refractivity contribution is 7.98. The average Bonchev–Trinajstić information content (AvgIpc) is 2.61. The molecule has 24 heavy (non-hydrogen) atoms. The number of carbonyl (C=O) groups is 1. The Morgan fingerprint density at radius 1 is 1.08 bits per heavy atom. The summed E-state index contributed by atoms with van der Waals surface area (Å²) in [5.74, 6) is 0.0545. The Morgan fingerprint density at radius 3 is 2.25 bits per heavy atom. The molecule has 1 atom stereocenters. The summed E-state index contributed by atoms with van der Waals surface area (Å²) < 4.78 is 0. The molecule has 0 fully saturated rings. The van der Waals surface area contributed by atoms with Gasteiger partial charge in [0.05, 0.1) is 6.04 Å². The molecule has 1 unspecified atom stereocenters. The Balaban J connectivity index is 1.85. The molecular weight excluding hydrogens is 316 g/mol. The van der Waals surface area contributed by atoms with Crippen LogP contribution in [0, 0.1) is 6.92 Å². The molecule has 1 amide bonds. The molecule has 1 N–H and O–H groups in total. The van der Waals surface area contributed by atoms with E-state index < -0.39 is 0 Å². The molecule has 0 radical (unpaired) electrons. The molecule has 0 saturated heterocycles. The summed E-state index contributed by atoms with van der Waals surface area (Å²) in [5.41, 5.74) is 3.57. The minimum Gasteiger partial charge on any atom is -0.351 e. The van der Waals surface area contributed by atoms with Crippen LogP contribution in [0.25, 0.3) is 0 Å². The first kappa shape index (κ1) is 18.6. The third-order valence-corrected chi connectivity index (χ3v) is 4.96. The molecule has 2 rings (SSSR count). The zero-order valence-electron chi connectivity index (χ0n) is 14.9. The van der Waals surface area contributed by atoms with Crippen molar-refractivity contribution in [1.82, 2.24) is 10.2 Å². The van der Waals surface area contributed by atoms with Crippen LogP contribution in [0.15, 0.2) is 53.4 Å². The van der Waals surface area contributed by atoms with Crippen molar-refractivity contribution in [2.45, 2.75) is 37.9 Å². The van der Waals surface area contributed by atoms with Gasteiger partial charge in [-0.05, 0) is 50.4 Å². The third kappa shape index (κ3) is 5.39. The van der Waals surface area contributed by atoms with Crippen molar-refractivity contribution in [2.75, 3.05) is 13.3 Å². The van der Waals surface area contributed by atoms with Crippen molar-refractivity contribution in [3.63, 3.8) is 0 Å². The first-order valence-electron chi connectivity index (χ1n) is 8.16. The highest BCUT2D eigenvalue weighted by atomic mass is 32.2. The molecule has 0 aliphatic heterocycles. The van der Waals surface area contributed by atoms with Gasteiger partial charge in [-0.3, -0.25) is 9.69 Å². The number of aryl methyl sites for hydroxylation is 1. The van der Waals surface area contributed by atoms with Gasteiger partial charge in [-0.2, -0.15) is 0 Å². The molecule has 0 bridgehead atoms. The van der Waals surface area contributed by atoms with E-state index in [-0.39, 0.29) is 11.9 Å². The molecule has 2 aromatic carbocycles. The second kappa shape index (κ2) is 8.90. The lowest BCUT2D eigenvalue weighted by Gasteiger charge is -2.24. The van der Waals surface area contributed by atoms with Crippen LogP contribution < -0.4 is 5.32 Å². The molecule has 0 heterocycles. The summed E-state index contributed by atoms with van der Waals surface area (Å²) in [4.78, 5) is 15.7. The molecular formula is C20H26N2OS. The highest BCUT2D eigenvalue weighted by Gasteiger charge is 2.17. The maximum atomic E-state index is 12.4. The van der Waals surface area contributed by atoms with E-state index in [1.165, 1.54) is 16.0 Å². The monoisotopic (exact) mass is 342 g/mol. The Kier molecular flexibility index (Phi) is 6.88. The lowest BCUT2D eigenvalue weighted by Crippen LogP contribution is -2.42. The summed E-state index contributed by atoms with van der Waals surface area (Å²) in [6.45, 7) is 5.33. The quantitative estimate of drug-likeness (QED) is 0.776. The first-order valence-corrected chi connectivity index (χ1v) is 9.38. The second-order valence-corrected chi connectivity index (χ2v) is 7.02. The Bertz CT molecular complexity index is 652. The number of hydrogen-bond donors (Lipinski definition) is 1. The summed E-state index contributed by atoms with van der Waals surface area (Å²) in [5, 5.41) is 3.02. The molecule has 4 heteroatoms. The van der Waals surface area contributed by atoms with E-state index in [4.69, 9.17) is 0 Å². The third-order valence-electron chi connectivity index (χ3n) is 4.22. The molecule has 0 aliphatic rings. The van der Waals surface area contributed by atoms with Gasteiger partial charge in [0, 0.05) is 18.0 Å². The van der Waals surface area contributed by atoms with Crippen molar-refractivity contribution >= 4 is 17.7 Å². The van der Waals surface area contributed by atoms with Crippen LogP contribution in [0.1, 0.15) is 23.6 Å². The lowest BCUT2D eigenvalue weighted by molar-refractivity contribution is -0.125. The molecule has 0 spiro atoms. The van der Waals surface area contributed by atoms with Crippen LogP contribution in [0.2, 0.25) is 0 Å². The fourth-order valence-electron chi connectivity index (χ4n) is 2.40. The van der Waals surface area contributed by atoms with Crippen molar-refractivity contribution < 1.29 is 4.79 Å². The van der Waals surface area contributed by atoms with Crippen LogP contribution in [-0.4, -0.2) is 30.2 Å². The van der Waals surface area contributed by atoms with Crippen LogP contribution >= 0.6 is 11.8 Å². The van der Waals surface area contributed by atoms with Gasteiger partial charge in [-0.1, -0.05) is 42.0 Å². The number of amides is 1. The number of rotatable bonds is 7. The average molecular weight is 343 g/mol. The van der Waals surface area contributed by atoms with E-state index in [0.29, 0.717) is 6.54 Å². The number of benzene rings is 2.